The molecule has 0 saturated heterocycles. The molecule has 0 aliphatic carbocycles. The Morgan fingerprint density at radius 2 is 1.66 bits per heavy atom. The number of methoxy groups -OCH3 is 1. The van der Waals surface area contributed by atoms with E-state index in [0.717, 1.165) is 24.8 Å². The topological polar surface area (TPSA) is 212 Å². The minimum absolute atomic E-state index is 0.0216. The fourth-order valence-electron chi connectivity index (χ4n) is 6.56. The van der Waals surface area contributed by atoms with Crippen molar-refractivity contribution in [3.63, 3.8) is 0 Å². The van der Waals surface area contributed by atoms with E-state index in [1.54, 1.807) is 55.8 Å². The molecule has 19 heteroatoms. The summed E-state index contributed by atoms with van der Waals surface area (Å²) in [7, 11) is 1.56. The Labute approximate surface area is 362 Å². The smallest absolute Gasteiger partial charge is 0.338 e. The maximum absolute atomic E-state index is 13.9. The number of benzene rings is 3. The molecule has 4 aromatic rings. The number of hydrogen-bond acceptors (Lipinski definition) is 15. The molecule has 3 aromatic carbocycles. The van der Waals surface area contributed by atoms with Gasteiger partial charge in [-0.1, -0.05) is 43.1 Å². The number of unbranched alkanes of at least 4 members (excludes halogenated alkanes) is 3. The first-order valence-electron chi connectivity index (χ1n) is 20.1. The second kappa shape index (κ2) is 24.1. The van der Waals surface area contributed by atoms with E-state index >= 15 is 0 Å². The van der Waals surface area contributed by atoms with Crippen LogP contribution in [0.5, 0.6) is 17.2 Å². The van der Waals surface area contributed by atoms with Crippen LogP contribution in [0.15, 0.2) is 66.4 Å². The Morgan fingerprint density at radius 1 is 0.887 bits per heavy atom. The zero-order valence-electron chi connectivity index (χ0n) is 34.5. The van der Waals surface area contributed by atoms with Crippen LogP contribution in [0, 0.1) is 20.2 Å². The van der Waals surface area contributed by atoms with Gasteiger partial charge in [0.25, 0.3) is 10.2 Å². The normalized spacial score (nSPS) is 12.0. The number of carbonyl (C=O) groups is 2. The molecular formula is C43H49ClN4O14. The van der Waals surface area contributed by atoms with E-state index in [-0.39, 0.29) is 58.2 Å². The first kappa shape index (κ1) is 46.7. The van der Waals surface area contributed by atoms with Crippen molar-refractivity contribution in [1.82, 2.24) is 9.78 Å². The monoisotopic (exact) mass is 880 g/mol. The van der Waals surface area contributed by atoms with Crippen molar-refractivity contribution in [2.75, 3.05) is 53.4 Å². The van der Waals surface area contributed by atoms with Gasteiger partial charge in [-0.3, -0.25) is 4.68 Å². The lowest BCUT2D eigenvalue weighted by atomic mass is 9.98. The molecule has 1 aliphatic rings. The fourth-order valence-corrected chi connectivity index (χ4v) is 6.72. The third-order valence-electron chi connectivity index (χ3n) is 9.58. The third kappa shape index (κ3) is 13.8. The Hall–Kier alpha value is -6.40. The molecule has 0 fully saturated rings. The minimum atomic E-state index is -0.912. The molecule has 0 bridgehead atoms. The van der Waals surface area contributed by atoms with Crippen LogP contribution in [0.1, 0.15) is 71.6 Å². The first-order chi connectivity index (χ1) is 30.1. The SMILES string of the molecule is CCCCn1ncc(C=C(Cc2cc3c(cc2OC)CCO3)C(=O)OCCOCCO[N+](=O)[O-])c1-c1ccc(Cl)cc1OCc1ccccc1C(=O)OCCCCCO[N+](=O)[O-]. The summed E-state index contributed by atoms with van der Waals surface area (Å²) < 4.78 is 36.4. The van der Waals surface area contributed by atoms with E-state index in [4.69, 9.17) is 45.1 Å². The third-order valence-corrected chi connectivity index (χ3v) is 9.81. The Bertz CT molecular complexity index is 2190. The van der Waals surface area contributed by atoms with Gasteiger partial charge < -0.3 is 38.1 Å². The number of rotatable bonds is 27. The second-order valence-electron chi connectivity index (χ2n) is 13.9. The highest BCUT2D eigenvalue weighted by Gasteiger charge is 2.23. The van der Waals surface area contributed by atoms with E-state index in [0.29, 0.717) is 88.2 Å². The average Bonchev–Trinajstić information content (AvgIpc) is 3.89. The predicted molar refractivity (Wildman–Crippen MR) is 224 cm³/mol. The molecule has 0 spiro atoms. The summed E-state index contributed by atoms with van der Waals surface area (Å²) in [6.45, 7) is 2.74. The highest BCUT2D eigenvalue weighted by atomic mass is 35.5. The van der Waals surface area contributed by atoms with Crippen molar-refractivity contribution in [2.45, 2.75) is 65.0 Å². The summed E-state index contributed by atoms with van der Waals surface area (Å²) in [5, 5.41) is 24.2. The van der Waals surface area contributed by atoms with E-state index in [1.807, 2.05) is 22.9 Å². The van der Waals surface area contributed by atoms with Crippen LogP contribution < -0.4 is 14.2 Å². The number of halogens is 1. The molecule has 0 unspecified atom stereocenters. The fraction of sp³-hybridized carbons (Fsp3) is 0.419. The summed E-state index contributed by atoms with van der Waals surface area (Å²) in [6, 6.07) is 15.9. The van der Waals surface area contributed by atoms with Gasteiger partial charge in [0.15, 0.2) is 0 Å². The van der Waals surface area contributed by atoms with E-state index < -0.39 is 22.1 Å². The number of carbonyl (C=O) groups excluding carboxylic acids is 2. The highest BCUT2D eigenvalue weighted by Crippen LogP contribution is 2.38. The van der Waals surface area contributed by atoms with Crippen molar-refractivity contribution in [3.05, 3.63) is 119 Å². The van der Waals surface area contributed by atoms with Crippen LogP contribution in [-0.2, 0) is 54.7 Å². The lowest BCUT2D eigenvalue weighted by Gasteiger charge is -2.17. The first-order valence-corrected chi connectivity index (χ1v) is 20.5. The second-order valence-corrected chi connectivity index (χ2v) is 14.3. The van der Waals surface area contributed by atoms with Crippen LogP contribution in [0.4, 0.5) is 0 Å². The van der Waals surface area contributed by atoms with E-state index in [2.05, 4.69) is 16.6 Å². The minimum Gasteiger partial charge on any atom is -0.496 e. The Kier molecular flexibility index (Phi) is 18.2. The number of ether oxygens (including phenoxy) is 6. The van der Waals surface area contributed by atoms with Crippen LogP contribution in [0.25, 0.3) is 17.3 Å². The van der Waals surface area contributed by atoms with Gasteiger partial charge in [0.05, 0.1) is 57.6 Å². The number of hydrogen-bond donors (Lipinski definition) is 0. The van der Waals surface area contributed by atoms with Gasteiger partial charge in [-0.05, 0) is 68.2 Å². The summed E-state index contributed by atoms with van der Waals surface area (Å²) in [6.07, 6.45) is 7.44. The number of aromatic nitrogens is 2. The van der Waals surface area contributed by atoms with Gasteiger partial charge in [-0.25, -0.2) is 9.59 Å². The van der Waals surface area contributed by atoms with Crippen molar-refractivity contribution >= 4 is 29.6 Å². The molecule has 0 N–H and O–H groups in total. The zero-order valence-corrected chi connectivity index (χ0v) is 35.3. The molecule has 62 heavy (non-hydrogen) atoms. The quantitative estimate of drug-likeness (QED) is 0.0187. The van der Waals surface area contributed by atoms with Gasteiger partial charge in [0.2, 0.25) is 0 Å². The highest BCUT2D eigenvalue weighted by molar-refractivity contribution is 6.30. The number of fused-ring (bicyclic) bond motifs is 1. The number of aryl methyl sites for hydroxylation is 1. The zero-order chi connectivity index (χ0) is 44.3. The molecule has 5 rings (SSSR count). The van der Waals surface area contributed by atoms with Crippen LogP contribution in [0.3, 0.4) is 0 Å². The maximum Gasteiger partial charge on any atom is 0.338 e. The van der Waals surface area contributed by atoms with Crippen LogP contribution in [-0.4, -0.2) is 85.3 Å². The van der Waals surface area contributed by atoms with Crippen molar-refractivity contribution in [3.8, 4) is 28.5 Å². The van der Waals surface area contributed by atoms with Crippen LogP contribution >= 0.6 is 11.6 Å². The van der Waals surface area contributed by atoms with E-state index in [9.17, 15) is 29.8 Å². The average molecular weight is 881 g/mol. The van der Waals surface area contributed by atoms with Crippen molar-refractivity contribution in [2.24, 2.45) is 0 Å². The van der Waals surface area contributed by atoms with Gasteiger partial charge in [0, 0.05) is 57.8 Å². The summed E-state index contributed by atoms with van der Waals surface area (Å²) >= 11 is 6.55. The molecule has 332 valence electrons. The molecule has 0 saturated carbocycles. The summed E-state index contributed by atoms with van der Waals surface area (Å²) in [5.41, 5.74) is 4.69. The standard InChI is InChI=1S/C43H49ClN4O14/c1-3-4-15-46-41(37-13-12-35(44)27-40(37)60-29-31-10-6-7-11-36(31)43(50)58-16-8-5-9-17-61-47(51)52)34(28-45-46)24-33(42(49)59-21-19-56-20-22-62-48(53)54)23-32-26-39-30(14-18-57-39)25-38(32)55-2/h6-7,10-13,24-28H,3-5,8-9,14-23,29H2,1-2H3. The summed E-state index contributed by atoms with van der Waals surface area (Å²) in [4.78, 5) is 56.5. The molecule has 2 heterocycles. The molecule has 18 nitrogen and oxygen atoms in total. The largest absolute Gasteiger partial charge is 0.496 e. The lowest BCUT2D eigenvalue weighted by molar-refractivity contribution is -0.758. The molecule has 0 atom stereocenters. The number of esters is 2. The van der Waals surface area contributed by atoms with E-state index in [1.165, 1.54) is 0 Å². The lowest BCUT2D eigenvalue weighted by Crippen LogP contribution is -2.16. The molecule has 0 radical (unpaired) electrons. The van der Waals surface area contributed by atoms with Gasteiger partial charge in [-0.2, -0.15) is 5.10 Å². The summed E-state index contributed by atoms with van der Waals surface area (Å²) in [5.74, 6) is 0.515. The number of nitrogens with zero attached hydrogens (tertiary/aromatic N) is 4. The molecule has 1 aromatic heterocycles. The maximum atomic E-state index is 13.9. The molecule has 1 aliphatic heterocycles. The Morgan fingerprint density at radius 3 is 2.45 bits per heavy atom. The van der Waals surface area contributed by atoms with Crippen molar-refractivity contribution < 1.29 is 57.9 Å². The Balaban J connectivity index is 1.43. The molecule has 0 amide bonds. The molecular weight excluding hydrogens is 832 g/mol. The van der Waals surface area contributed by atoms with Crippen LogP contribution in [0.2, 0.25) is 5.02 Å². The van der Waals surface area contributed by atoms with Gasteiger partial charge >= 0.3 is 11.9 Å². The van der Waals surface area contributed by atoms with Gasteiger partial charge in [-0.15, -0.1) is 20.2 Å². The van der Waals surface area contributed by atoms with Crippen molar-refractivity contribution in [1.29, 1.82) is 0 Å². The predicted octanol–water partition coefficient (Wildman–Crippen LogP) is 7.46. The van der Waals surface area contributed by atoms with Gasteiger partial charge in [0.1, 0.15) is 37.1 Å².